The second kappa shape index (κ2) is 4.10. The van der Waals surface area contributed by atoms with Gasteiger partial charge in [-0.1, -0.05) is 0 Å². The SMILES string of the molecule is CCn1ccnc1Cc1nc(N)nc2[nH]ncc12. The van der Waals surface area contributed by atoms with Crippen LogP contribution in [-0.4, -0.2) is 29.7 Å². The summed E-state index contributed by atoms with van der Waals surface area (Å²) in [6.07, 6.45) is 6.06. The predicted octanol–water partition coefficient (Wildman–Crippen LogP) is 0.742. The number of aromatic nitrogens is 6. The van der Waals surface area contributed by atoms with E-state index >= 15 is 0 Å². The molecule has 0 aliphatic carbocycles. The number of aromatic amines is 1. The van der Waals surface area contributed by atoms with Crippen molar-refractivity contribution in [1.29, 1.82) is 0 Å². The van der Waals surface area contributed by atoms with Crippen LogP contribution in [0, 0.1) is 0 Å². The van der Waals surface area contributed by atoms with Gasteiger partial charge in [0.25, 0.3) is 0 Å². The van der Waals surface area contributed by atoms with Gasteiger partial charge in [0.2, 0.25) is 5.95 Å². The van der Waals surface area contributed by atoms with Crippen LogP contribution in [0.25, 0.3) is 11.0 Å². The Labute approximate surface area is 103 Å². The fraction of sp³-hybridized carbons (Fsp3) is 0.273. The maximum absolute atomic E-state index is 5.69. The molecule has 0 saturated carbocycles. The topological polar surface area (TPSA) is 98.3 Å². The van der Waals surface area contributed by atoms with Gasteiger partial charge in [-0.05, 0) is 6.92 Å². The minimum Gasteiger partial charge on any atom is -0.368 e. The zero-order valence-corrected chi connectivity index (χ0v) is 9.96. The lowest BCUT2D eigenvalue weighted by Gasteiger charge is -2.05. The van der Waals surface area contributed by atoms with Crippen molar-refractivity contribution in [2.45, 2.75) is 19.9 Å². The third kappa shape index (κ3) is 1.69. The summed E-state index contributed by atoms with van der Waals surface area (Å²) in [5.41, 5.74) is 7.19. The number of hydrogen-bond donors (Lipinski definition) is 2. The molecule has 0 radical (unpaired) electrons. The number of imidazole rings is 1. The molecule has 0 atom stereocenters. The van der Waals surface area contributed by atoms with Gasteiger partial charge in [-0.15, -0.1) is 0 Å². The Morgan fingerprint density at radius 2 is 2.28 bits per heavy atom. The Kier molecular flexibility index (Phi) is 2.44. The first kappa shape index (κ1) is 10.7. The second-order valence-corrected chi connectivity index (χ2v) is 3.97. The van der Waals surface area contributed by atoms with Crippen LogP contribution in [0.15, 0.2) is 18.6 Å². The highest BCUT2D eigenvalue weighted by atomic mass is 15.2. The summed E-state index contributed by atoms with van der Waals surface area (Å²) in [4.78, 5) is 12.7. The molecule has 3 aromatic heterocycles. The van der Waals surface area contributed by atoms with Gasteiger partial charge >= 0.3 is 0 Å². The Morgan fingerprint density at radius 3 is 3.11 bits per heavy atom. The van der Waals surface area contributed by atoms with Crippen LogP contribution < -0.4 is 5.73 Å². The van der Waals surface area contributed by atoms with E-state index in [1.807, 2.05) is 6.20 Å². The number of anilines is 1. The highest BCUT2D eigenvalue weighted by Crippen LogP contribution is 2.16. The van der Waals surface area contributed by atoms with Gasteiger partial charge in [-0.2, -0.15) is 10.1 Å². The molecular formula is C11H13N7. The monoisotopic (exact) mass is 243 g/mol. The fourth-order valence-electron chi connectivity index (χ4n) is 1.99. The van der Waals surface area contributed by atoms with Crippen molar-refractivity contribution in [2.75, 3.05) is 5.73 Å². The molecule has 0 unspecified atom stereocenters. The van der Waals surface area contributed by atoms with E-state index in [-0.39, 0.29) is 5.95 Å². The molecule has 3 N–H and O–H groups in total. The lowest BCUT2D eigenvalue weighted by Crippen LogP contribution is -2.05. The van der Waals surface area contributed by atoms with E-state index < -0.39 is 0 Å². The highest BCUT2D eigenvalue weighted by Gasteiger charge is 2.11. The number of nitrogens with zero attached hydrogens (tertiary/aromatic N) is 5. The van der Waals surface area contributed by atoms with Crippen molar-refractivity contribution in [3.8, 4) is 0 Å². The van der Waals surface area contributed by atoms with Gasteiger partial charge < -0.3 is 10.3 Å². The first-order valence-electron chi connectivity index (χ1n) is 5.73. The predicted molar refractivity (Wildman–Crippen MR) is 66.8 cm³/mol. The maximum atomic E-state index is 5.69. The van der Waals surface area contributed by atoms with Crippen molar-refractivity contribution in [2.24, 2.45) is 0 Å². The molecule has 0 aliphatic heterocycles. The molecule has 3 rings (SSSR count). The first-order chi connectivity index (χ1) is 8.78. The fourth-order valence-corrected chi connectivity index (χ4v) is 1.99. The second-order valence-electron chi connectivity index (χ2n) is 3.97. The quantitative estimate of drug-likeness (QED) is 0.707. The molecule has 7 heteroatoms. The van der Waals surface area contributed by atoms with Crippen LogP contribution in [0.2, 0.25) is 0 Å². The average molecular weight is 243 g/mol. The smallest absolute Gasteiger partial charge is 0.222 e. The zero-order valence-electron chi connectivity index (χ0n) is 9.96. The number of hydrogen-bond acceptors (Lipinski definition) is 5. The van der Waals surface area contributed by atoms with Gasteiger partial charge in [-0.25, -0.2) is 9.97 Å². The van der Waals surface area contributed by atoms with E-state index in [1.54, 1.807) is 12.4 Å². The Morgan fingerprint density at radius 1 is 1.39 bits per heavy atom. The van der Waals surface area contributed by atoms with E-state index in [9.17, 15) is 0 Å². The minimum atomic E-state index is 0.247. The van der Waals surface area contributed by atoms with E-state index in [0.29, 0.717) is 12.1 Å². The molecule has 3 aromatic rings. The van der Waals surface area contributed by atoms with Crippen LogP contribution in [-0.2, 0) is 13.0 Å². The number of fused-ring (bicyclic) bond motifs is 1. The molecule has 18 heavy (non-hydrogen) atoms. The van der Waals surface area contributed by atoms with Crippen LogP contribution in [0.3, 0.4) is 0 Å². The number of nitrogens with two attached hydrogens (primary N) is 1. The number of nitrogen functional groups attached to an aromatic ring is 1. The van der Waals surface area contributed by atoms with Gasteiger partial charge in [-0.3, -0.25) is 5.10 Å². The zero-order chi connectivity index (χ0) is 12.5. The molecule has 0 aliphatic rings. The number of nitrogens with one attached hydrogen (secondary N) is 1. The third-order valence-electron chi connectivity index (χ3n) is 2.87. The number of rotatable bonds is 3. The Bertz CT molecular complexity index is 682. The first-order valence-corrected chi connectivity index (χ1v) is 5.73. The maximum Gasteiger partial charge on any atom is 0.222 e. The molecule has 0 aromatic carbocycles. The van der Waals surface area contributed by atoms with Crippen molar-refractivity contribution in [1.82, 2.24) is 29.7 Å². The van der Waals surface area contributed by atoms with Crippen molar-refractivity contribution in [3.05, 3.63) is 30.1 Å². The molecule has 0 spiro atoms. The van der Waals surface area contributed by atoms with Crippen LogP contribution >= 0.6 is 0 Å². The summed E-state index contributed by atoms with van der Waals surface area (Å²) >= 11 is 0. The summed E-state index contributed by atoms with van der Waals surface area (Å²) in [5, 5.41) is 7.65. The molecule has 7 nitrogen and oxygen atoms in total. The molecule has 92 valence electrons. The average Bonchev–Trinajstić information content (AvgIpc) is 2.96. The molecule has 0 bridgehead atoms. The Balaban J connectivity index is 2.06. The summed E-state index contributed by atoms with van der Waals surface area (Å²) in [6.45, 7) is 2.96. The van der Waals surface area contributed by atoms with E-state index in [1.165, 1.54) is 0 Å². The molecule has 0 amide bonds. The molecule has 0 saturated heterocycles. The summed E-state index contributed by atoms with van der Waals surface area (Å²) in [7, 11) is 0. The standard InChI is InChI=1S/C11H13N7/c1-2-18-4-3-13-9(18)5-8-7-6-14-17-10(7)16-11(12)15-8/h3-4,6H,2,5H2,1H3,(H3,12,14,15,16,17). The minimum absolute atomic E-state index is 0.247. The molecular weight excluding hydrogens is 230 g/mol. The summed E-state index contributed by atoms with van der Waals surface area (Å²) < 4.78 is 2.07. The van der Waals surface area contributed by atoms with E-state index in [2.05, 4.69) is 36.6 Å². The number of H-pyrrole nitrogens is 1. The van der Waals surface area contributed by atoms with E-state index in [0.717, 1.165) is 23.4 Å². The summed E-state index contributed by atoms with van der Waals surface area (Å²) in [6, 6.07) is 0. The molecule has 0 fully saturated rings. The van der Waals surface area contributed by atoms with Crippen LogP contribution in [0.4, 0.5) is 5.95 Å². The summed E-state index contributed by atoms with van der Waals surface area (Å²) in [5.74, 6) is 1.20. The van der Waals surface area contributed by atoms with Crippen molar-refractivity contribution in [3.63, 3.8) is 0 Å². The van der Waals surface area contributed by atoms with Gasteiger partial charge in [0.1, 0.15) is 5.82 Å². The van der Waals surface area contributed by atoms with Crippen LogP contribution in [0.5, 0.6) is 0 Å². The van der Waals surface area contributed by atoms with E-state index in [4.69, 9.17) is 5.73 Å². The van der Waals surface area contributed by atoms with Crippen LogP contribution in [0.1, 0.15) is 18.4 Å². The molecule has 3 heterocycles. The lowest BCUT2D eigenvalue weighted by atomic mass is 10.2. The van der Waals surface area contributed by atoms with Crippen molar-refractivity contribution >= 4 is 17.0 Å². The van der Waals surface area contributed by atoms with Crippen molar-refractivity contribution < 1.29 is 0 Å². The van der Waals surface area contributed by atoms with Gasteiger partial charge in [0.05, 0.1) is 17.3 Å². The lowest BCUT2D eigenvalue weighted by molar-refractivity contribution is 0.709. The third-order valence-corrected chi connectivity index (χ3v) is 2.87. The number of aryl methyl sites for hydroxylation is 1. The van der Waals surface area contributed by atoms with Gasteiger partial charge in [0.15, 0.2) is 5.65 Å². The largest absolute Gasteiger partial charge is 0.368 e. The Hall–Kier alpha value is -2.44. The highest BCUT2D eigenvalue weighted by molar-refractivity contribution is 5.77. The normalized spacial score (nSPS) is 11.2. The van der Waals surface area contributed by atoms with Gasteiger partial charge in [0, 0.05) is 25.4 Å².